The van der Waals surface area contributed by atoms with Crippen LogP contribution in [0.2, 0.25) is 0 Å². The van der Waals surface area contributed by atoms with Crippen molar-refractivity contribution in [2.75, 3.05) is 5.32 Å². The van der Waals surface area contributed by atoms with Gasteiger partial charge in [0.15, 0.2) is 0 Å². The Hall–Kier alpha value is -1.77. The Morgan fingerprint density at radius 2 is 2.33 bits per heavy atom. The maximum atomic E-state index is 11.4. The molecule has 18 heavy (non-hydrogen) atoms. The molecule has 3 atom stereocenters. The van der Waals surface area contributed by atoms with Crippen molar-refractivity contribution < 1.29 is 9.90 Å². The molecule has 3 nitrogen and oxygen atoms in total. The van der Waals surface area contributed by atoms with Gasteiger partial charge in [-0.1, -0.05) is 37.3 Å². The minimum atomic E-state index is -0.745. The Bertz CT molecular complexity index is 521. The smallest absolute Gasteiger partial charge is 0.326 e. The molecule has 1 aliphatic heterocycles. The van der Waals surface area contributed by atoms with Crippen molar-refractivity contribution in [1.29, 1.82) is 0 Å². The first-order chi connectivity index (χ1) is 8.72. The van der Waals surface area contributed by atoms with Gasteiger partial charge in [0.25, 0.3) is 0 Å². The van der Waals surface area contributed by atoms with Gasteiger partial charge in [-0.15, -0.1) is 0 Å². The maximum Gasteiger partial charge on any atom is 0.326 e. The van der Waals surface area contributed by atoms with Gasteiger partial charge in [0.2, 0.25) is 0 Å². The summed E-state index contributed by atoms with van der Waals surface area (Å²) in [7, 11) is 0. The van der Waals surface area contributed by atoms with Crippen LogP contribution in [-0.4, -0.2) is 17.1 Å². The summed E-state index contributed by atoms with van der Waals surface area (Å²) in [5.74, 6) is -0.332. The first kappa shape index (κ1) is 11.3. The molecule has 0 bridgehead atoms. The van der Waals surface area contributed by atoms with E-state index in [0.717, 1.165) is 18.5 Å². The van der Waals surface area contributed by atoms with Crippen molar-refractivity contribution in [3.63, 3.8) is 0 Å². The highest BCUT2D eigenvalue weighted by molar-refractivity contribution is 5.81. The fourth-order valence-electron chi connectivity index (χ4n) is 3.23. The lowest BCUT2D eigenvalue weighted by Gasteiger charge is -2.35. The Morgan fingerprint density at radius 3 is 3.06 bits per heavy atom. The number of nitrogens with one attached hydrogen (secondary N) is 1. The zero-order chi connectivity index (χ0) is 12.7. The molecule has 1 aliphatic carbocycles. The van der Waals surface area contributed by atoms with Crippen LogP contribution in [0.3, 0.4) is 0 Å². The molecule has 0 saturated carbocycles. The van der Waals surface area contributed by atoms with E-state index >= 15 is 0 Å². The molecule has 94 valence electrons. The number of rotatable bonds is 2. The molecule has 0 saturated heterocycles. The molecule has 0 aromatic heterocycles. The zero-order valence-corrected chi connectivity index (χ0v) is 10.4. The fraction of sp³-hybridized carbons (Fsp3) is 0.400. The minimum Gasteiger partial charge on any atom is -0.480 e. The second-order valence-corrected chi connectivity index (χ2v) is 5.05. The molecule has 1 heterocycles. The summed E-state index contributed by atoms with van der Waals surface area (Å²) in [5, 5.41) is 12.6. The van der Waals surface area contributed by atoms with Gasteiger partial charge >= 0.3 is 5.97 Å². The molecule has 3 rings (SSSR count). The lowest BCUT2D eigenvalue weighted by Crippen LogP contribution is -2.42. The van der Waals surface area contributed by atoms with Crippen LogP contribution in [0, 0.1) is 5.92 Å². The highest BCUT2D eigenvalue weighted by Crippen LogP contribution is 2.45. The standard InChI is InChI=1S/C15H17NO2/c1-2-9-5-3-7-11-10-6-4-8-12(10)14(15(17)18)16-13(9)11/h3-7,10,12,14,16H,2,8H2,1H3,(H,17,18). The predicted octanol–water partition coefficient (Wildman–Crippen LogP) is 2.79. The van der Waals surface area contributed by atoms with E-state index in [4.69, 9.17) is 0 Å². The van der Waals surface area contributed by atoms with Crippen LogP contribution < -0.4 is 5.32 Å². The number of aryl methyl sites for hydroxylation is 1. The highest BCUT2D eigenvalue weighted by atomic mass is 16.4. The van der Waals surface area contributed by atoms with Crippen molar-refractivity contribution in [3.05, 3.63) is 41.5 Å². The molecule has 0 fully saturated rings. The number of hydrogen-bond acceptors (Lipinski definition) is 2. The minimum absolute atomic E-state index is 0.155. The van der Waals surface area contributed by atoms with Crippen LogP contribution in [-0.2, 0) is 11.2 Å². The number of carboxylic acid groups (broad SMARTS) is 1. The van der Waals surface area contributed by atoms with Gasteiger partial charge in [0, 0.05) is 17.5 Å². The van der Waals surface area contributed by atoms with Gasteiger partial charge in [-0.2, -0.15) is 0 Å². The summed E-state index contributed by atoms with van der Waals surface area (Å²) in [6, 6.07) is 5.80. The fourth-order valence-corrected chi connectivity index (χ4v) is 3.23. The summed E-state index contributed by atoms with van der Waals surface area (Å²) in [5.41, 5.74) is 3.50. The molecule has 0 radical (unpaired) electrons. The molecule has 2 aliphatic rings. The van der Waals surface area contributed by atoms with Gasteiger partial charge in [-0.3, -0.25) is 0 Å². The largest absolute Gasteiger partial charge is 0.480 e. The predicted molar refractivity (Wildman–Crippen MR) is 70.9 cm³/mol. The van der Waals surface area contributed by atoms with E-state index in [1.54, 1.807) is 0 Å². The van der Waals surface area contributed by atoms with E-state index in [1.165, 1.54) is 11.1 Å². The van der Waals surface area contributed by atoms with Crippen molar-refractivity contribution in [1.82, 2.24) is 0 Å². The summed E-state index contributed by atoms with van der Waals surface area (Å²) in [6.07, 6.45) is 6.05. The van der Waals surface area contributed by atoms with Crippen LogP contribution in [0.25, 0.3) is 0 Å². The Labute approximate surface area is 107 Å². The van der Waals surface area contributed by atoms with Gasteiger partial charge in [-0.05, 0) is 24.0 Å². The second kappa shape index (κ2) is 4.16. The van der Waals surface area contributed by atoms with Crippen molar-refractivity contribution in [2.45, 2.75) is 31.7 Å². The average Bonchev–Trinajstić information content (AvgIpc) is 2.86. The molecule has 2 N–H and O–H groups in total. The van der Waals surface area contributed by atoms with E-state index in [9.17, 15) is 9.90 Å². The number of anilines is 1. The third-order valence-electron chi connectivity index (χ3n) is 4.13. The number of benzene rings is 1. The highest BCUT2D eigenvalue weighted by Gasteiger charge is 2.41. The third kappa shape index (κ3) is 1.54. The van der Waals surface area contributed by atoms with E-state index in [1.807, 2.05) is 0 Å². The summed E-state index contributed by atoms with van der Waals surface area (Å²) in [6.45, 7) is 2.10. The molecule has 0 spiro atoms. The second-order valence-electron chi connectivity index (χ2n) is 5.05. The third-order valence-corrected chi connectivity index (χ3v) is 4.13. The molecule has 3 unspecified atom stereocenters. The number of aliphatic carboxylic acids is 1. The van der Waals surface area contributed by atoms with Crippen molar-refractivity contribution >= 4 is 11.7 Å². The van der Waals surface area contributed by atoms with E-state index < -0.39 is 12.0 Å². The van der Waals surface area contributed by atoms with Crippen LogP contribution in [0.1, 0.15) is 30.4 Å². The van der Waals surface area contributed by atoms with Crippen LogP contribution in [0.15, 0.2) is 30.4 Å². The summed E-state index contributed by atoms with van der Waals surface area (Å²) >= 11 is 0. The monoisotopic (exact) mass is 243 g/mol. The lowest BCUT2D eigenvalue weighted by atomic mass is 9.78. The number of carboxylic acids is 1. The van der Waals surface area contributed by atoms with Gasteiger partial charge in [-0.25, -0.2) is 4.79 Å². The van der Waals surface area contributed by atoms with Gasteiger partial charge in [0.05, 0.1) is 0 Å². The SMILES string of the molecule is CCc1cccc2c1NC(C(=O)O)C1CC=CC21. The van der Waals surface area contributed by atoms with Crippen LogP contribution >= 0.6 is 0 Å². The van der Waals surface area contributed by atoms with E-state index in [0.29, 0.717) is 0 Å². The molecule has 1 aromatic rings. The topological polar surface area (TPSA) is 49.3 Å². The zero-order valence-electron chi connectivity index (χ0n) is 10.4. The molecule has 1 aromatic carbocycles. The Morgan fingerprint density at radius 1 is 1.50 bits per heavy atom. The van der Waals surface area contributed by atoms with Crippen molar-refractivity contribution in [2.24, 2.45) is 5.92 Å². The molecule has 3 heteroatoms. The molecule has 0 amide bonds. The average molecular weight is 243 g/mol. The number of para-hydroxylation sites is 1. The van der Waals surface area contributed by atoms with E-state index in [2.05, 4.69) is 42.6 Å². The normalized spacial score (nSPS) is 28.4. The van der Waals surface area contributed by atoms with Crippen molar-refractivity contribution in [3.8, 4) is 0 Å². The quantitative estimate of drug-likeness (QED) is 0.785. The van der Waals surface area contributed by atoms with Crippen LogP contribution in [0.5, 0.6) is 0 Å². The first-order valence-corrected chi connectivity index (χ1v) is 6.50. The molecular formula is C15H17NO2. The number of allylic oxidation sites excluding steroid dienone is 2. The number of fused-ring (bicyclic) bond motifs is 3. The maximum absolute atomic E-state index is 11.4. The van der Waals surface area contributed by atoms with Gasteiger partial charge < -0.3 is 10.4 Å². The van der Waals surface area contributed by atoms with E-state index in [-0.39, 0.29) is 11.8 Å². The lowest BCUT2D eigenvalue weighted by molar-refractivity contribution is -0.139. The van der Waals surface area contributed by atoms with Crippen LogP contribution in [0.4, 0.5) is 5.69 Å². The number of carbonyl (C=O) groups is 1. The summed E-state index contributed by atoms with van der Waals surface area (Å²) in [4.78, 5) is 11.4. The Balaban J connectivity index is 2.11. The molecular weight excluding hydrogens is 226 g/mol. The summed E-state index contributed by atoms with van der Waals surface area (Å²) < 4.78 is 0. The Kier molecular flexibility index (Phi) is 2.62. The van der Waals surface area contributed by atoms with Gasteiger partial charge in [0.1, 0.15) is 6.04 Å². The first-order valence-electron chi connectivity index (χ1n) is 6.50. The number of hydrogen-bond donors (Lipinski definition) is 2.